The molecule has 1 aromatic rings. The van der Waals surface area contributed by atoms with Crippen molar-refractivity contribution in [3.63, 3.8) is 0 Å². The van der Waals surface area contributed by atoms with Gasteiger partial charge in [-0.25, -0.2) is 0 Å². The van der Waals surface area contributed by atoms with Crippen LogP contribution in [0.15, 0.2) is 29.4 Å². The summed E-state index contributed by atoms with van der Waals surface area (Å²) in [6.45, 7) is 2.91. The van der Waals surface area contributed by atoms with Gasteiger partial charge in [-0.05, 0) is 36.5 Å². The monoisotopic (exact) mass is 247 g/mol. The molecule has 0 aliphatic rings. The first kappa shape index (κ1) is 14.0. The van der Waals surface area contributed by atoms with Crippen LogP contribution in [0.5, 0.6) is 0 Å². The van der Waals surface area contributed by atoms with Crippen LogP contribution in [0, 0.1) is 6.92 Å². The van der Waals surface area contributed by atoms with E-state index in [4.69, 9.17) is 11.3 Å². The van der Waals surface area contributed by atoms with Gasteiger partial charge in [0.15, 0.2) is 0 Å². The van der Waals surface area contributed by atoms with Gasteiger partial charge in [-0.15, -0.1) is 0 Å². The number of nitrogens with two attached hydrogens (primary N) is 1. The van der Waals surface area contributed by atoms with Crippen molar-refractivity contribution in [3.05, 3.63) is 45.8 Å². The molecule has 0 radical (unpaired) electrons. The number of hydrogen-bond acceptors (Lipinski definition) is 3. The molecule has 3 N–H and O–H groups in total. The summed E-state index contributed by atoms with van der Waals surface area (Å²) < 4.78 is 0. The molecule has 1 amide bonds. The summed E-state index contributed by atoms with van der Waals surface area (Å²) in [5.41, 5.74) is 15.4. The second-order valence-electron chi connectivity index (χ2n) is 3.95. The zero-order chi connectivity index (χ0) is 13.4. The minimum absolute atomic E-state index is 0.406. The van der Waals surface area contributed by atoms with Gasteiger partial charge in [-0.1, -0.05) is 29.4 Å². The number of nitrogens with zero attached hydrogens (tertiary/aromatic N) is 3. The summed E-state index contributed by atoms with van der Waals surface area (Å²) in [4.78, 5) is 14.1. The number of hydrogen-bond donors (Lipinski definition) is 2. The molecule has 1 rings (SSSR count). The summed E-state index contributed by atoms with van der Waals surface area (Å²) in [5.74, 6) is -0.409. The van der Waals surface area contributed by atoms with Gasteiger partial charge in [-0.2, -0.15) is 0 Å². The Balaban J connectivity index is 2.64. The van der Waals surface area contributed by atoms with Crippen molar-refractivity contribution in [2.45, 2.75) is 19.4 Å². The highest BCUT2D eigenvalue weighted by Crippen LogP contribution is 2.16. The number of rotatable bonds is 7. The topological polar surface area (TPSA) is 104 Å². The highest BCUT2D eigenvalue weighted by molar-refractivity contribution is 5.81. The predicted molar refractivity (Wildman–Crippen MR) is 69.7 cm³/mol. The van der Waals surface area contributed by atoms with Crippen LogP contribution in [0.1, 0.15) is 23.6 Å². The number of nitrogens with one attached hydrogen (secondary N) is 1. The van der Waals surface area contributed by atoms with Crippen LogP contribution < -0.4 is 11.1 Å². The van der Waals surface area contributed by atoms with E-state index in [1.165, 1.54) is 0 Å². The lowest BCUT2D eigenvalue weighted by atomic mass is 10.0. The fraction of sp³-hybridized carbons (Fsp3) is 0.417. The van der Waals surface area contributed by atoms with Gasteiger partial charge in [0.1, 0.15) is 6.04 Å². The standard InChI is InChI=1S/C12H17N5O/c1-9-5-2-3-6-10(9)11(12(13)18)15-7-4-8-16-17-14/h2-3,5-6,11,15H,4,7-8H2,1H3,(H2,13,18). The van der Waals surface area contributed by atoms with Crippen molar-refractivity contribution in [2.75, 3.05) is 13.1 Å². The molecule has 18 heavy (non-hydrogen) atoms. The third-order valence-corrected chi connectivity index (χ3v) is 2.63. The van der Waals surface area contributed by atoms with Crippen molar-refractivity contribution in [3.8, 4) is 0 Å². The normalized spacial score (nSPS) is 11.6. The molecule has 6 heteroatoms. The van der Waals surface area contributed by atoms with Gasteiger partial charge < -0.3 is 11.1 Å². The zero-order valence-electron chi connectivity index (χ0n) is 10.3. The first-order chi connectivity index (χ1) is 8.66. The summed E-state index contributed by atoms with van der Waals surface area (Å²) in [7, 11) is 0. The Labute approximate surface area is 106 Å². The molecule has 0 saturated heterocycles. The number of primary amides is 1. The van der Waals surface area contributed by atoms with Crippen LogP contribution in [0.3, 0.4) is 0 Å². The molecule has 0 spiro atoms. The Morgan fingerprint density at radius 3 is 2.89 bits per heavy atom. The third-order valence-electron chi connectivity index (χ3n) is 2.63. The van der Waals surface area contributed by atoms with E-state index in [1.54, 1.807) is 0 Å². The number of carbonyl (C=O) groups is 1. The largest absolute Gasteiger partial charge is 0.368 e. The van der Waals surface area contributed by atoms with E-state index < -0.39 is 11.9 Å². The molecule has 0 aromatic heterocycles. The Morgan fingerprint density at radius 2 is 2.28 bits per heavy atom. The fourth-order valence-electron chi connectivity index (χ4n) is 1.72. The van der Waals surface area contributed by atoms with Crippen LogP contribution in [0.25, 0.3) is 10.4 Å². The van der Waals surface area contributed by atoms with Gasteiger partial charge in [0.25, 0.3) is 0 Å². The predicted octanol–water partition coefficient (Wildman–Crippen LogP) is 1.81. The summed E-state index contributed by atoms with van der Waals surface area (Å²) in [6.07, 6.45) is 0.666. The average Bonchev–Trinajstić information content (AvgIpc) is 2.35. The molecule has 96 valence electrons. The number of azide groups is 1. The molecule has 0 saturated carbocycles. The molecule has 6 nitrogen and oxygen atoms in total. The van der Waals surface area contributed by atoms with Crippen molar-refractivity contribution < 1.29 is 4.79 Å². The maximum absolute atomic E-state index is 11.4. The number of amides is 1. The van der Waals surface area contributed by atoms with Gasteiger partial charge in [-0.3, -0.25) is 4.79 Å². The van der Waals surface area contributed by atoms with E-state index in [0.717, 1.165) is 11.1 Å². The Morgan fingerprint density at radius 1 is 1.56 bits per heavy atom. The molecule has 1 aromatic carbocycles. The van der Waals surface area contributed by atoms with E-state index in [-0.39, 0.29) is 0 Å². The molecule has 0 heterocycles. The summed E-state index contributed by atoms with van der Waals surface area (Å²) in [6, 6.07) is 7.11. The van der Waals surface area contributed by atoms with Crippen LogP contribution in [0.2, 0.25) is 0 Å². The smallest absolute Gasteiger partial charge is 0.239 e. The SMILES string of the molecule is Cc1ccccc1C(NCCCN=[N+]=[N-])C(N)=O. The Hall–Kier alpha value is -2.04. The van der Waals surface area contributed by atoms with E-state index in [9.17, 15) is 4.79 Å². The van der Waals surface area contributed by atoms with Crippen molar-refractivity contribution in [1.82, 2.24) is 5.32 Å². The number of aryl methyl sites for hydroxylation is 1. The second-order valence-corrected chi connectivity index (χ2v) is 3.95. The van der Waals surface area contributed by atoms with Gasteiger partial charge >= 0.3 is 0 Å². The quantitative estimate of drug-likeness (QED) is 0.332. The first-order valence-corrected chi connectivity index (χ1v) is 5.76. The van der Waals surface area contributed by atoms with E-state index in [0.29, 0.717) is 19.5 Å². The Bertz CT molecular complexity index is 454. The fourth-order valence-corrected chi connectivity index (χ4v) is 1.72. The van der Waals surface area contributed by atoms with Gasteiger partial charge in [0.05, 0.1) is 0 Å². The van der Waals surface area contributed by atoms with Crippen LogP contribution in [-0.4, -0.2) is 19.0 Å². The van der Waals surface area contributed by atoms with Gasteiger partial charge in [0, 0.05) is 11.5 Å². The molecule has 0 bridgehead atoms. The lowest BCUT2D eigenvalue weighted by Gasteiger charge is -2.17. The van der Waals surface area contributed by atoms with E-state index in [2.05, 4.69) is 15.3 Å². The van der Waals surface area contributed by atoms with Crippen molar-refractivity contribution in [2.24, 2.45) is 10.8 Å². The highest BCUT2D eigenvalue weighted by atomic mass is 16.1. The first-order valence-electron chi connectivity index (χ1n) is 5.76. The average molecular weight is 247 g/mol. The number of benzene rings is 1. The molecule has 1 atom stereocenters. The Kier molecular flexibility index (Phi) is 5.70. The van der Waals surface area contributed by atoms with Gasteiger partial charge in [0.2, 0.25) is 5.91 Å². The van der Waals surface area contributed by atoms with Crippen LogP contribution in [-0.2, 0) is 4.79 Å². The van der Waals surface area contributed by atoms with Crippen molar-refractivity contribution in [1.29, 1.82) is 0 Å². The lowest BCUT2D eigenvalue weighted by Crippen LogP contribution is -2.34. The second kappa shape index (κ2) is 7.32. The maximum Gasteiger partial charge on any atom is 0.239 e. The minimum Gasteiger partial charge on any atom is -0.368 e. The summed E-state index contributed by atoms with van der Waals surface area (Å²) in [5, 5.41) is 6.51. The van der Waals surface area contributed by atoms with Crippen molar-refractivity contribution >= 4 is 5.91 Å². The maximum atomic E-state index is 11.4. The molecule has 0 aliphatic heterocycles. The molecule has 1 unspecified atom stereocenters. The zero-order valence-corrected chi connectivity index (χ0v) is 10.3. The van der Waals surface area contributed by atoms with Crippen LogP contribution >= 0.6 is 0 Å². The molecular weight excluding hydrogens is 230 g/mol. The lowest BCUT2D eigenvalue weighted by molar-refractivity contribution is -0.120. The molecule has 0 aliphatic carbocycles. The van der Waals surface area contributed by atoms with Crippen LogP contribution in [0.4, 0.5) is 0 Å². The number of carbonyl (C=O) groups excluding carboxylic acids is 1. The third kappa shape index (κ3) is 4.08. The van der Waals surface area contributed by atoms with E-state index >= 15 is 0 Å². The summed E-state index contributed by atoms with van der Waals surface area (Å²) >= 11 is 0. The minimum atomic E-state index is -0.503. The highest BCUT2D eigenvalue weighted by Gasteiger charge is 2.18. The van der Waals surface area contributed by atoms with E-state index in [1.807, 2.05) is 31.2 Å². The molecular formula is C12H17N5O. The molecule has 0 fully saturated rings.